The Labute approximate surface area is 157 Å². The maximum atomic E-state index is 11.6. The monoisotopic (exact) mass is 368 g/mol. The molecule has 26 heavy (non-hydrogen) atoms. The van der Waals surface area contributed by atoms with Crippen molar-refractivity contribution in [2.75, 3.05) is 23.9 Å². The van der Waals surface area contributed by atoms with E-state index in [2.05, 4.69) is 52.8 Å². The van der Waals surface area contributed by atoms with Gasteiger partial charge in [-0.05, 0) is 29.3 Å². The van der Waals surface area contributed by atoms with Gasteiger partial charge < -0.3 is 19.6 Å². The molecule has 0 aliphatic carbocycles. The minimum Gasteiger partial charge on any atom is -0.616 e. The SMILES string of the molecule is COCc1cc(NC2CC[S+]([O-])CC2)c2[nH]c(-c3ccccc3)cc2c1. The molecule has 136 valence electrons. The lowest BCUT2D eigenvalue weighted by molar-refractivity contribution is 0.185. The number of anilines is 1. The predicted molar refractivity (Wildman–Crippen MR) is 109 cm³/mol. The summed E-state index contributed by atoms with van der Waals surface area (Å²) in [6.45, 7) is 0.588. The molecule has 0 amide bonds. The largest absolute Gasteiger partial charge is 0.616 e. The van der Waals surface area contributed by atoms with Crippen LogP contribution < -0.4 is 5.32 Å². The van der Waals surface area contributed by atoms with E-state index in [1.165, 1.54) is 10.9 Å². The van der Waals surface area contributed by atoms with Crippen LogP contribution in [0.2, 0.25) is 0 Å². The lowest BCUT2D eigenvalue weighted by atomic mass is 10.1. The Morgan fingerprint density at radius 2 is 1.92 bits per heavy atom. The fourth-order valence-electron chi connectivity index (χ4n) is 3.60. The van der Waals surface area contributed by atoms with Crippen molar-refractivity contribution in [3.8, 4) is 11.3 Å². The summed E-state index contributed by atoms with van der Waals surface area (Å²) in [5.74, 6) is 1.58. The molecule has 3 aromatic rings. The first-order valence-corrected chi connectivity index (χ1v) is 10.5. The van der Waals surface area contributed by atoms with Crippen LogP contribution in [0.3, 0.4) is 0 Å². The molecule has 0 atom stereocenters. The molecule has 1 aromatic heterocycles. The summed E-state index contributed by atoms with van der Waals surface area (Å²) in [6, 6.07) is 17.3. The molecule has 4 rings (SSSR count). The second kappa shape index (κ2) is 7.74. The molecular weight excluding hydrogens is 344 g/mol. The maximum absolute atomic E-state index is 11.6. The Hall–Kier alpha value is -1.95. The third kappa shape index (κ3) is 3.75. The van der Waals surface area contributed by atoms with Crippen molar-refractivity contribution in [2.45, 2.75) is 25.5 Å². The summed E-state index contributed by atoms with van der Waals surface area (Å²) in [5.41, 5.74) is 5.67. The maximum Gasteiger partial charge on any atom is 0.107 e. The fourth-order valence-corrected chi connectivity index (χ4v) is 4.90. The van der Waals surface area contributed by atoms with Crippen LogP contribution in [0.25, 0.3) is 22.2 Å². The number of aromatic amines is 1. The van der Waals surface area contributed by atoms with E-state index in [-0.39, 0.29) is 0 Å². The molecule has 0 spiro atoms. The smallest absolute Gasteiger partial charge is 0.107 e. The van der Waals surface area contributed by atoms with E-state index in [0.29, 0.717) is 12.6 Å². The quantitative estimate of drug-likeness (QED) is 0.660. The molecule has 2 heterocycles. The lowest BCUT2D eigenvalue weighted by Crippen LogP contribution is -2.32. The number of nitrogens with one attached hydrogen (secondary N) is 2. The van der Waals surface area contributed by atoms with Crippen molar-refractivity contribution in [1.29, 1.82) is 0 Å². The van der Waals surface area contributed by atoms with Crippen LogP contribution in [0.4, 0.5) is 5.69 Å². The Morgan fingerprint density at radius 1 is 1.15 bits per heavy atom. The highest BCUT2D eigenvalue weighted by atomic mass is 32.2. The van der Waals surface area contributed by atoms with Gasteiger partial charge in [-0.25, -0.2) is 0 Å². The van der Waals surface area contributed by atoms with Crippen molar-refractivity contribution in [3.63, 3.8) is 0 Å². The number of fused-ring (bicyclic) bond motifs is 1. The number of hydrogen-bond acceptors (Lipinski definition) is 3. The van der Waals surface area contributed by atoms with E-state index >= 15 is 0 Å². The summed E-state index contributed by atoms with van der Waals surface area (Å²) >= 11 is -0.642. The Balaban J connectivity index is 1.70. The topological polar surface area (TPSA) is 60.1 Å². The van der Waals surface area contributed by atoms with Gasteiger partial charge in [-0.1, -0.05) is 41.5 Å². The second-order valence-electron chi connectivity index (χ2n) is 6.86. The molecule has 0 unspecified atom stereocenters. The first-order valence-electron chi connectivity index (χ1n) is 9.04. The predicted octanol–water partition coefficient (Wildman–Crippen LogP) is 4.30. The number of methoxy groups -OCH3 is 1. The Morgan fingerprint density at radius 3 is 2.65 bits per heavy atom. The zero-order chi connectivity index (χ0) is 17.9. The van der Waals surface area contributed by atoms with Gasteiger partial charge in [-0.2, -0.15) is 0 Å². The number of benzene rings is 2. The zero-order valence-corrected chi connectivity index (χ0v) is 15.8. The molecule has 4 nitrogen and oxygen atoms in total. The van der Waals surface area contributed by atoms with Gasteiger partial charge in [0.25, 0.3) is 0 Å². The van der Waals surface area contributed by atoms with Crippen molar-refractivity contribution in [3.05, 3.63) is 54.1 Å². The molecular formula is C21H24N2O2S. The molecule has 1 aliphatic rings. The first-order chi connectivity index (χ1) is 12.7. The van der Waals surface area contributed by atoms with Crippen LogP contribution in [-0.4, -0.2) is 34.2 Å². The standard InChI is InChI=1S/C21H24N2O2S/c1-25-14-15-11-17-13-19(16-5-3-2-4-6-16)23-21(17)20(12-15)22-18-7-9-26(24)10-8-18/h2-6,11-13,18,22-23H,7-10,14H2,1H3. The lowest BCUT2D eigenvalue weighted by Gasteiger charge is -2.26. The second-order valence-corrected chi connectivity index (χ2v) is 8.55. The van der Waals surface area contributed by atoms with Crippen molar-refractivity contribution < 1.29 is 9.29 Å². The van der Waals surface area contributed by atoms with Gasteiger partial charge in [0.15, 0.2) is 0 Å². The van der Waals surface area contributed by atoms with E-state index in [4.69, 9.17) is 4.74 Å². The van der Waals surface area contributed by atoms with Gasteiger partial charge >= 0.3 is 0 Å². The van der Waals surface area contributed by atoms with Crippen molar-refractivity contribution >= 4 is 27.8 Å². The summed E-state index contributed by atoms with van der Waals surface area (Å²) in [4.78, 5) is 3.58. The fraction of sp³-hybridized carbons (Fsp3) is 0.333. The highest BCUT2D eigenvalue weighted by Crippen LogP contribution is 2.32. The minimum absolute atomic E-state index is 0.372. The van der Waals surface area contributed by atoms with Crippen LogP contribution in [0.15, 0.2) is 48.5 Å². The van der Waals surface area contributed by atoms with E-state index in [1.807, 2.05) is 6.07 Å². The number of hydrogen-bond donors (Lipinski definition) is 2. The van der Waals surface area contributed by atoms with Crippen LogP contribution in [0.5, 0.6) is 0 Å². The molecule has 5 heteroatoms. The van der Waals surface area contributed by atoms with E-state index in [9.17, 15) is 4.55 Å². The molecule has 2 N–H and O–H groups in total. The summed E-state index contributed by atoms with van der Waals surface area (Å²) in [6.07, 6.45) is 1.91. The van der Waals surface area contributed by atoms with Gasteiger partial charge in [-0.3, -0.25) is 0 Å². The molecule has 1 fully saturated rings. The van der Waals surface area contributed by atoms with Crippen LogP contribution in [-0.2, 0) is 22.5 Å². The molecule has 0 radical (unpaired) electrons. The average molecular weight is 369 g/mol. The average Bonchev–Trinajstić information content (AvgIpc) is 3.09. The molecule has 1 saturated heterocycles. The summed E-state index contributed by atoms with van der Waals surface area (Å²) in [5, 5.41) is 4.87. The number of ether oxygens (including phenoxy) is 1. The normalized spacial score (nSPS) is 20.4. The van der Waals surface area contributed by atoms with Gasteiger partial charge in [0.2, 0.25) is 0 Å². The van der Waals surface area contributed by atoms with E-state index < -0.39 is 11.2 Å². The van der Waals surface area contributed by atoms with Gasteiger partial charge in [0, 0.05) is 37.1 Å². The van der Waals surface area contributed by atoms with Gasteiger partial charge in [0.1, 0.15) is 11.5 Å². The van der Waals surface area contributed by atoms with Gasteiger partial charge in [0.05, 0.1) is 17.8 Å². The van der Waals surface area contributed by atoms with Crippen molar-refractivity contribution in [1.82, 2.24) is 4.98 Å². The van der Waals surface area contributed by atoms with Crippen molar-refractivity contribution in [2.24, 2.45) is 0 Å². The minimum atomic E-state index is -0.642. The molecule has 2 aromatic carbocycles. The van der Waals surface area contributed by atoms with E-state index in [0.717, 1.165) is 46.8 Å². The number of rotatable bonds is 5. The van der Waals surface area contributed by atoms with E-state index in [1.54, 1.807) is 7.11 Å². The molecule has 1 aliphatic heterocycles. The van der Waals surface area contributed by atoms with Crippen LogP contribution in [0, 0.1) is 0 Å². The third-order valence-corrected chi connectivity index (χ3v) is 6.31. The van der Waals surface area contributed by atoms with Crippen LogP contribution in [0.1, 0.15) is 18.4 Å². The first kappa shape index (κ1) is 17.5. The van der Waals surface area contributed by atoms with Crippen LogP contribution >= 0.6 is 0 Å². The number of aromatic nitrogens is 1. The summed E-state index contributed by atoms with van der Waals surface area (Å²) < 4.78 is 17.0. The number of H-pyrrole nitrogens is 1. The zero-order valence-electron chi connectivity index (χ0n) is 15.0. The molecule has 0 bridgehead atoms. The highest BCUT2D eigenvalue weighted by molar-refractivity contribution is 7.91. The summed E-state index contributed by atoms with van der Waals surface area (Å²) in [7, 11) is 1.72. The highest BCUT2D eigenvalue weighted by Gasteiger charge is 2.22. The Bertz CT molecular complexity index is 870. The molecule has 0 saturated carbocycles. The third-order valence-electron chi connectivity index (χ3n) is 4.93. The van der Waals surface area contributed by atoms with Gasteiger partial charge in [-0.15, -0.1) is 0 Å². The Kier molecular flexibility index (Phi) is 5.20.